The Morgan fingerprint density at radius 1 is 0.812 bits per heavy atom. The van der Waals surface area contributed by atoms with Gasteiger partial charge in [-0.3, -0.25) is 0 Å². The summed E-state index contributed by atoms with van der Waals surface area (Å²) in [6.45, 7) is 13.1. The fourth-order valence-corrected chi connectivity index (χ4v) is 4.26. The number of rotatable bonds is 1. The zero-order valence-electron chi connectivity index (χ0n) is 19.6. The van der Waals surface area contributed by atoms with E-state index >= 15 is 0 Å². The first-order valence-corrected chi connectivity index (χ1v) is 10.3. The molecule has 0 radical (unpaired) electrons. The van der Waals surface area contributed by atoms with Gasteiger partial charge in [0.25, 0.3) is 0 Å². The van der Waals surface area contributed by atoms with Crippen LogP contribution in [0, 0.1) is 41.5 Å². The van der Waals surface area contributed by atoms with E-state index in [0.717, 1.165) is 0 Å². The largest absolute Gasteiger partial charge is 4.00 e. The second-order valence-corrected chi connectivity index (χ2v) is 8.17. The van der Waals surface area contributed by atoms with Crippen molar-refractivity contribution in [1.82, 2.24) is 4.57 Å². The van der Waals surface area contributed by atoms with Crippen LogP contribution in [0.4, 0.5) is 0 Å². The zero-order valence-corrected chi connectivity index (χ0v) is 22.0. The van der Waals surface area contributed by atoms with Crippen LogP contribution in [0.1, 0.15) is 33.5 Å². The van der Waals surface area contributed by atoms with Crippen molar-refractivity contribution in [2.75, 3.05) is 0 Å². The average molecular weight is 509 g/mol. The van der Waals surface area contributed by atoms with Crippen LogP contribution in [0.25, 0.3) is 27.4 Å². The standard InChI is InChI=1S/C19H16N.C9H13.2FH.Zr/c1-13-14(2)20(19-10-6-5-9-18(13)19)17-11-15-7-3-4-8-16(15)12-17;1-6-5-7(2)9(4)8(6)3;;;/h3-12H,1-2H3;5H,1-4H3;2*1H;/q2*-1;;;+4/p-2. The van der Waals surface area contributed by atoms with E-state index in [4.69, 9.17) is 0 Å². The minimum atomic E-state index is 0. The summed E-state index contributed by atoms with van der Waals surface area (Å²) in [5.41, 5.74) is 11.0. The van der Waals surface area contributed by atoms with E-state index in [2.05, 4.69) is 113 Å². The van der Waals surface area contributed by atoms with E-state index in [1.54, 1.807) is 0 Å². The summed E-state index contributed by atoms with van der Waals surface area (Å²) in [4.78, 5) is 0. The molecule has 0 atom stereocenters. The number of halogens is 2. The van der Waals surface area contributed by atoms with Crippen molar-refractivity contribution in [3.63, 3.8) is 0 Å². The summed E-state index contributed by atoms with van der Waals surface area (Å²) in [7, 11) is 0. The van der Waals surface area contributed by atoms with Gasteiger partial charge in [-0.2, -0.15) is 28.3 Å². The van der Waals surface area contributed by atoms with Crippen molar-refractivity contribution in [2.24, 2.45) is 0 Å². The molecule has 164 valence electrons. The summed E-state index contributed by atoms with van der Waals surface area (Å²) >= 11 is 0. The molecule has 0 amide bonds. The van der Waals surface area contributed by atoms with Crippen molar-refractivity contribution >= 4 is 21.7 Å². The quantitative estimate of drug-likeness (QED) is 0.304. The van der Waals surface area contributed by atoms with Gasteiger partial charge in [0.1, 0.15) is 0 Å². The summed E-state index contributed by atoms with van der Waals surface area (Å²) < 4.78 is 2.37. The third-order valence-corrected chi connectivity index (χ3v) is 6.47. The molecule has 1 nitrogen and oxygen atoms in total. The van der Waals surface area contributed by atoms with E-state index in [1.807, 2.05) is 0 Å². The molecular weight excluding hydrogens is 480 g/mol. The van der Waals surface area contributed by atoms with Gasteiger partial charge in [0.05, 0.1) is 5.52 Å². The summed E-state index contributed by atoms with van der Waals surface area (Å²) in [5.74, 6) is 0. The molecule has 0 aliphatic carbocycles. The van der Waals surface area contributed by atoms with Gasteiger partial charge >= 0.3 is 26.2 Å². The molecular formula is C28H29F2NZr. The zero-order chi connectivity index (χ0) is 20.7. The molecule has 0 N–H and O–H groups in total. The minimum Gasteiger partial charge on any atom is -1.00 e. The van der Waals surface area contributed by atoms with Gasteiger partial charge in [-0.1, -0.05) is 52.0 Å². The van der Waals surface area contributed by atoms with Crippen molar-refractivity contribution in [2.45, 2.75) is 41.5 Å². The normalized spacial score (nSPS) is 10.1. The summed E-state index contributed by atoms with van der Waals surface area (Å²) in [6, 6.07) is 24.0. The molecule has 0 saturated heterocycles. The Hall–Kier alpha value is -2.32. The molecule has 0 saturated carbocycles. The van der Waals surface area contributed by atoms with Crippen LogP contribution in [-0.4, -0.2) is 4.57 Å². The van der Waals surface area contributed by atoms with Crippen molar-refractivity contribution in [1.29, 1.82) is 0 Å². The number of hydrogen-bond acceptors (Lipinski definition) is 0. The van der Waals surface area contributed by atoms with Gasteiger partial charge in [0.15, 0.2) is 0 Å². The molecule has 0 spiro atoms. The molecule has 0 aliphatic rings. The van der Waals surface area contributed by atoms with E-state index in [0.29, 0.717) is 0 Å². The Labute approximate surface area is 208 Å². The fourth-order valence-electron chi connectivity index (χ4n) is 4.26. The number of hydrogen-bond donors (Lipinski definition) is 0. The van der Waals surface area contributed by atoms with Crippen LogP contribution in [0.5, 0.6) is 0 Å². The predicted octanol–water partition coefficient (Wildman–Crippen LogP) is 1.76. The Balaban J connectivity index is 0.000000369. The predicted molar refractivity (Wildman–Crippen MR) is 127 cm³/mol. The third-order valence-electron chi connectivity index (χ3n) is 6.47. The number of para-hydroxylation sites is 1. The molecule has 1 aromatic heterocycles. The maximum Gasteiger partial charge on any atom is 4.00 e. The monoisotopic (exact) mass is 507 g/mol. The molecule has 0 bridgehead atoms. The molecule has 4 heteroatoms. The Morgan fingerprint density at radius 3 is 2.00 bits per heavy atom. The van der Waals surface area contributed by atoms with Crippen molar-refractivity contribution in [3.8, 4) is 5.69 Å². The third kappa shape index (κ3) is 4.86. The maximum absolute atomic E-state index is 2.37. The van der Waals surface area contributed by atoms with Gasteiger partial charge < -0.3 is 14.0 Å². The van der Waals surface area contributed by atoms with Crippen LogP contribution in [0.2, 0.25) is 0 Å². The maximum atomic E-state index is 2.37. The number of benzene rings is 2. The first-order chi connectivity index (χ1) is 13.9. The van der Waals surface area contributed by atoms with Crippen LogP contribution in [-0.2, 0) is 26.2 Å². The summed E-state index contributed by atoms with van der Waals surface area (Å²) in [5, 5.41) is 3.95. The number of aromatic nitrogens is 1. The van der Waals surface area contributed by atoms with Crippen LogP contribution in [0.3, 0.4) is 0 Å². The van der Waals surface area contributed by atoms with E-state index in [9.17, 15) is 0 Å². The smallest absolute Gasteiger partial charge is 1.00 e. The summed E-state index contributed by atoms with van der Waals surface area (Å²) in [6.07, 6.45) is 0. The van der Waals surface area contributed by atoms with Crippen molar-refractivity contribution in [3.05, 3.63) is 100 Å². The van der Waals surface area contributed by atoms with Gasteiger partial charge in [0, 0.05) is 11.1 Å². The van der Waals surface area contributed by atoms with Crippen LogP contribution >= 0.6 is 0 Å². The molecule has 5 aromatic rings. The molecule has 5 rings (SSSR count). The second kappa shape index (κ2) is 11.0. The Bertz CT molecular complexity index is 1260. The minimum absolute atomic E-state index is 0. The topological polar surface area (TPSA) is 4.93 Å². The SMILES string of the molecule is Cc1c(C)n(-c2cc3ccccc3[cH-]2)c2ccccc12.Cc1c[c-](C)c(C)c1C.[F-].[F-].[Zr+4]. The molecule has 4 aromatic carbocycles. The first-order valence-electron chi connectivity index (χ1n) is 10.3. The Kier molecular flexibility index (Phi) is 9.54. The van der Waals surface area contributed by atoms with E-state index in [1.165, 1.54) is 60.9 Å². The van der Waals surface area contributed by atoms with Crippen molar-refractivity contribution < 1.29 is 35.6 Å². The fraction of sp³-hybridized carbons (Fsp3) is 0.214. The number of fused-ring (bicyclic) bond motifs is 2. The van der Waals surface area contributed by atoms with Gasteiger partial charge in [-0.15, -0.1) is 41.1 Å². The second-order valence-electron chi connectivity index (χ2n) is 8.17. The molecule has 0 unspecified atom stereocenters. The van der Waals surface area contributed by atoms with Gasteiger partial charge in [-0.05, 0) is 31.2 Å². The molecule has 1 heterocycles. The van der Waals surface area contributed by atoms with Gasteiger partial charge in [0.2, 0.25) is 0 Å². The molecule has 0 fully saturated rings. The van der Waals surface area contributed by atoms with E-state index in [-0.39, 0.29) is 35.6 Å². The van der Waals surface area contributed by atoms with Crippen LogP contribution < -0.4 is 9.41 Å². The average Bonchev–Trinajstić information content (AvgIpc) is 3.32. The first kappa shape index (κ1) is 27.7. The number of nitrogens with zero attached hydrogens (tertiary/aromatic N) is 1. The Morgan fingerprint density at radius 2 is 1.44 bits per heavy atom. The van der Waals surface area contributed by atoms with Crippen LogP contribution in [0.15, 0.2) is 66.7 Å². The van der Waals surface area contributed by atoms with E-state index < -0.39 is 0 Å². The van der Waals surface area contributed by atoms with Gasteiger partial charge in [-0.25, -0.2) is 0 Å². The molecule has 0 aliphatic heterocycles. The molecule has 32 heavy (non-hydrogen) atoms. The number of aryl methyl sites for hydroxylation is 3.